The molecular weight excluding hydrogens is 552 g/mol. The molecule has 2 fully saturated rings. The fourth-order valence-electron chi connectivity index (χ4n) is 4.60. The predicted octanol–water partition coefficient (Wildman–Crippen LogP) is -0.120. The van der Waals surface area contributed by atoms with E-state index in [0.717, 1.165) is 5.69 Å². The number of nitrogens with two attached hydrogens (primary N) is 3. The predicted molar refractivity (Wildman–Crippen MR) is 158 cm³/mol. The quantitative estimate of drug-likeness (QED) is 0.0816. The monoisotopic (exact) mass is 592 g/mol. The fraction of sp³-hybridized carbons (Fsp3) is 0.538. The minimum atomic E-state index is -1.00. The van der Waals surface area contributed by atoms with E-state index in [4.69, 9.17) is 34.5 Å². The molecule has 2 amide bonds. The Morgan fingerprint density at radius 3 is 2.24 bits per heavy atom. The summed E-state index contributed by atoms with van der Waals surface area (Å²) in [6.45, 7) is 3.03. The van der Waals surface area contributed by atoms with Crippen LogP contribution in [-0.4, -0.2) is 98.6 Å². The highest BCUT2D eigenvalue weighted by Gasteiger charge is 2.42. The number of nitrogens with zero attached hydrogens (tertiary/aromatic N) is 3. The van der Waals surface area contributed by atoms with E-state index >= 15 is 0 Å². The third kappa shape index (κ3) is 10.5. The molecule has 2 saturated heterocycles. The van der Waals surface area contributed by atoms with Gasteiger partial charge >= 0.3 is 11.9 Å². The summed E-state index contributed by atoms with van der Waals surface area (Å²) in [7, 11) is 0. The van der Waals surface area contributed by atoms with Crippen molar-refractivity contribution >= 4 is 52.7 Å². The largest absolute Gasteiger partial charge is 0.480 e. The molecule has 0 unspecified atom stereocenters. The summed E-state index contributed by atoms with van der Waals surface area (Å²) in [4.78, 5) is 54.2. The van der Waals surface area contributed by atoms with E-state index in [2.05, 4.69) is 15.6 Å². The lowest BCUT2D eigenvalue weighted by Crippen LogP contribution is -2.55. The molecule has 1 aromatic carbocycles. The molecule has 1 aromatic rings. The lowest BCUT2D eigenvalue weighted by atomic mass is 10.1. The van der Waals surface area contributed by atoms with Crippen molar-refractivity contribution in [3.8, 4) is 0 Å². The Hall–Kier alpha value is -3.98. The summed E-state index contributed by atoms with van der Waals surface area (Å²) < 4.78 is 0. The second-order valence-corrected chi connectivity index (χ2v) is 10.2. The van der Waals surface area contributed by atoms with Crippen LogP contribution < -0.4 is 27.8 Å². The number of nitrogens with one attached hydrogen (secondary N) is 2. The van der Waals surface area contributed by atoms with Gasteiger partial charge in [-0.05, 0) is 69.8 Å². The maximum atomic E-state index is 13.0. The van der Waals surface area contributed by atoms with Crippen molar-refractivity contribution in [2.75, 3.05) is 25.0 Å². The molecule has 14 nitrogen and oxygen atoms in total. The van der Waals surface area contributed by atoms with Crippen LogP contribution >= 0.6 is 12.2 Å². The average Bonchev–Trinajstić information content (AvgIpc) is 3.61. The minimum Gasteiger partial charge on any atom is -0.480 e. The number of aliphatic imine (C=N–C) groups is 1. The Balaban J connectivity index is 0.000000415. The van der Waals surface area contributed by atoms with Crippen molar-refractivity contribution < 1.29 is 29.4 Å². The van der Waals surface area contributed by atoms with Gasteiger partial charge in [-0.15, -0.1) is 0 Å². The number of anilines is 1. The van der Waals surface area contributed by atoms with Crippen molar-refractivity contribution in [1.82, 2.24) is 15.1 Å². The Labute approximate surface area is 244 Å². The topological polar surface area (TPSA) is 230 Å². The number of thiocarbonyl (C=S) groups is 1. The van der Waals surface area contributed by atoms with Gasteiger partial charge < -0.3 is 47.8 Å². The van der Waals surface area contributed by atoms with Gasteiger partial charge in [0.2, 0.25) is 11.8 Å². The highest BCUT2D eigenvalue weighted by molar-refractivity contribution is 7.80. The number of rotatable bonds is 10. The Morgan fingerprint density at radius 2 is 1.66 bits per heavy atom. The van der Waals surface area contributed by atoms with Crippen LogP contribution in [0, 0.1) is 0 Å². The van der Waals surface area contributed by atoms with Crippen LogP contribution in [0.15, 0.2) is 35.3 Å². The number of para-hydroxylation sites is 1. The molecule has 0 spiro atoms. The van der Waals surface area contributed by atoms with Crippen molar-refractivity contribution in [2.45, 2.75) is 69.6 Å². The summed E-state index contributed by atoms with van der Waals surface area (Å²) in [5.41, 5.74) is 16.1. The van der Waals surface area contributed by atoms with Crippen LogP contribution in [-0.2, 0) is 19.2 Å². The van der Waals surface area contributed by atoms with Gasteiger partial charge in [0.1, 0.15) is 24.2 Å². The molecule has 226 valence electrons. The van der Waals surface area contributed by atoms with E-state index in [1.54, 1.807) is 11.8 Å². The summed E-state index contributed by atoms with van der Waals surface area (Å²) >= 11 is 5.29. The third-order valence-electron chi connectivity index (χ3n) is 6.68. The normalized spacial score (nSPS) is 19.3. The van der Waals surface area contributed by atoms with E-state index < -0.39 is 36.1 Å². The first kappa shape index (κ1) is 33.2. The number of guanidine groups is 1. The SMILES string of the molecule is C[C@H](NC(=S)Nc1ccccc1)C(=O)N1CCC[C@H]1C(=O)N1CCC[C@H]1C(=O)O.NC(N)=NCCC[C@H](N)C(=O)O. The number of hydrogen-bond donors (Lipinski definition) is 7. The summed E-state index contributed by atoms with van der Waals surface area (Å²) in [5, 5.41) is 24.1. The van der Waals surface area contributed by atoms with Crippen LogP contribution in [0.4, 0.5) is 5.69 Å². The molecule has 2 aliphatic heterocycles. The Kier molecular flexibility index (Phi) is 13.2. The Bertz CT molecular complexity index is 1100. The van der Waals surface area contributed by atoms with E-state index in [-0.39, 0.29) is 17.8 Å². The number of carbonyl (C=O) groups excluding carboxylic acids is 2. The highest BCUT2D eigenvalue weighted by atomic mass is 32.1. The number of aliphatic carboxylic acids is 2. The lowest BCUT2D eigenvalue weighted by Gasteiger charge is -2.31. The molecule has 0 aromatic heterocycles. The highest BCUT2D eigenvalue weighted by Crippen LogP contribution is 2.25. The van der Waals surface area contributed by atoms with Gasteiger partial charge in [0.25, 0.3) is 0 Å². The third-order valence-corrected chi connectivity index (χ3v) is 6.90. The molecule has 0 bridgehead atoms. The molecule has 10 N–H and O–H groups in total. The number of carboxylic acid groups (broad SMARTS) is 2. The first-order chi connectivity index (χ1) is 19.4. The van der Waals surface area contributed by atoms with E-state index in [1.807, 2.05) is 30.3 Å². The van der Waals surface area contributed by atoms with Crippen molar-refractivity contribution in [1.29, 1.82) is 0 Å². The van der Waals surface area contributed by atoms with Crippen molar-refractivity contribution in [3.63, 3.8) is 0 Å². The molecule has 4 atom stereocenters. The maximum absolute atomic E-state index is 13.0. The summed E-state index contributed by atoms with van der Waals surface area (Å²) in [6.07, 6.45) is 3.34. The number of hydrogen-bond acceptors (Lipinski definition) is 7. The first-order valence-electron chi connectivity index (χ1n) is 13.4. The molecule has 15 heteroatoms. The molecule has 41 heavy (non-hydrogen) atoms. The van der Waals surface area contributed by atoms with E-state index in [9.17, 15) is 24.3 Å². The molecule has 3 rings (SSSR count). The maximum Gasteiger partial charge on any atom is 0.326 e. The van der Waals surface area contributed by atoms with Gasteiger partial charge in [-0.2, -0.15) is 0 Å². The number of likely N-dealkylation sites (tertiary alicyclic amines) is 2. The number of carboxylic acids is 2. The van der Waals surface area contributed by atoms with Gasteiger partial charge in [0, 0.05) is 25.3 Å². The van der Waals surface area contributed by atoms with Gasteiger partial charge in [0.05, 0.1) is 0 Å². The van der Waals surface area contributed by atoms with Gasteiger partial charge in [0.15, 0.2) is 11.1 Å². The van der Waals surface area contributed by atoms with Gasteiger partial charge in [-0.25, -0.2) is 4.79 Å². The van der Waals surface area contributed by atoms with Crippen LogP contribution in [0.5, 0.6) is 0 Å². The average molecular weight is 593 g/mol. The lowest BCUT2D eigenvalue weighted by molar-refractivity contribution is -0.152. The first-order valence-corrected chi connectivity index (χ1v) is 13.8. The molecular formula is C26H40N8O6S. The number of benzene rings is 1. The zero-order chi connectivity index (χ0) is 30.5. The fourth-order valence-corrected chi connectivity index (χ4v) is 4.90. The number of carbonyl (C=O) groups is 4. The van der Waals surface area contributed by atoms with Crippen molar-refractivity contribution in [2.24, 2.45) is 22.2 Å². The van der Waals surface area contributed by atoms with Crippen molar-refractivity contribution in [3.05, 3.63) is 30.3 Å². The Morgan fingerprint density at radius 1 is 1.05 bits per heavy atom. The van der Waals surface area contributed by atoms with Crippen LogP contribution in [0.2, 0.25) is 0 Å². The zero-order valence-electron chi connectivity index (χ0n) is 23.1. The standard InChI is InChI=1S/C20H26N4O4S.C6H14N4O2/c1-13(21-20(29)22-14-7-3-2-4-8-14)17(25)23-11-5-9-15(23)18(26)24-12-6-10-16(24)19(27)28;7-4(5(11)12)2-1-3-10-6(8)9/h2-4,7-8,13,15-16H,5-6,9-12H2,1H3,(H,27,28)(H2,21,22,29);4H,1-3,7H2,(H,11,12)(H4,8,9,10)/t13-,15-,16-;4-/m00/s1. The number of amides is 2. The molecule has 0 aliphatic carbocycles. The second-order valence-electron chi connectivity index (χ2n) is 9.80. The summed E-state index contributed by atoms with van der Waals surface area (Å²) in [5.74, 6) is -2.46. The summed E-state index contributed by atoms with van der Waals surface area (Å²) in [6, 6.07) is 6.55. The smallest absolute Gasteiger partial charge is 0.326 e. The van der Waals surface area contributed by atoms with Crippen LogP contribution in [0.25, 0.3) is 0 Å². The van der Waals surface area contributed by atoms with Gasteiger partial charge in [-0.3, -0.25) is 19.4 Å². The van der Waals surface area contributed by atoms with Gasteiger partial charge in [-0.1, -0.05) is 18.2 Å². The molecule has 0 saturated carbocycles. The second kappa shape index (κ2) is 16.3. The molecule has 0 radical (unpaired) electrons. The van der Waals surface area contributed by atoms with Crippen LogP contribution in [0.3, 0.4) is 0 Å². The zero-order valence-corrected chi connectivity index (χ0v) is 23.9. The van der Waals surface area contributed by atoms with Crippen LogP contribution in [0.1, 0.15) is 45.4 Å². The van der Waals surface area contributed by atoms with E-state index in [1.165, 1.54) is 4.90 Å². The molecule has 2 heterocycles. The minimum absolute atomic E-state index is 0.0129. The molecule has 2 aliphatic rings. The van der Waals surface area contributed by atoms with E-state index in [0.29, 0.717) is 63.3 Å².